The van der Waals surface area contributed by atoms with Gasteiger partial charge in [-0.05, 0) is 12.1 Å². The quantitative estimate of drug-likeness (QED) is 0.788. The molecule has 0 aliphatic carbocycles. The molecule has 1 unspecified atom stereocenters. The molecule has 1 saturated heterocycles. The van der Waals surface area contributed by atoms with Crippen molar-refractivity contribution >= 4 is 17.5 Å². The van der Waals surface area contributed by atoms with E-state index in [1.807, 2.05) is 30.3 Å². The van der Waals surface area contributed by atoms with Crippen LogP contribution < -0.4 is 11.1 Å². The van der Waals surface area contributed by atoms with Crippen LogP contribution >= 0.6 is 0 Å². The van der Waals surface area contributed by atoms with Crippen LogP contribution in [0.25, 0.3) is 0 Å². The molecule has 0 aromatic heterocycles. The van der Waals surface area contributed by atoms with E-state index < -0.39 is 12.0 Å². The Labute approximate surface area is 111 Å². The molecule has 1 atom stereocenters. The van der Waals surface area contributed by atoms with Crippen molar-refractivity contribution in [2.75, 3.05) is 31.6 Å². The number of anilines is 1. The number of amides is 2. The number of benzene rings is 1. The molecule has 1 aromatic rings. The highest BCUT2D eigenvalue weighted by molar-refractivity contribution is 5.83. The standard InChI is InChI=1S/C13H17N3O3/c14-13(18)11-9-16(6-7-19-11)12(17)8-15-10-4-2-1-3-5-10/h1-5,11,15H,6-9H2,(H2,14,18). The van der Waals surface area contributed by atoms with Gasteiger partial charge < -0.3 is 20.7 Å². The van der Waals surface area contributed by atoms with Crippen LogP contribution in [0.4, 0.5) is 5.69 Å². The second-order valence-electron chi connectivity index (χ2n) is 4.32. The third-order valence-electron chi connectivity index (χ3n) is 2.95. The summed E-state index contributed by atoms with van der Waals surface area (Å²) in [7, 11) is 0. The van der Waals surface area contributed by atoms with Gasteiger partial charge in [0.2, 0.25) is 11.8 Å². The first-order valence-corrected chi connectivity index (χ1v) is 6.14. The predicted molar refractivity (Wildman–Crippen MR) is 70.4 cm³/mol. The minimum Gasteiger partial charge on any atom is -0.376 e. The van der Waals surface area contributed by atoms with Gasteiger partial charge in [0.1, 0.15) is 0 Å². The predicted octanol–water partition coefficient (Wildman–Crippen LogP) is -0.189. The van der Waals surface area contributed by atoms with Crippen LogP contribution in [-0.2, 0) is 14.3 Å². The van der Waals surface area contributed by atoms with Crippen molar-refractivity contribution in [1.82, 2.24) is 4.90 Å². The summed E-state index contributed by atoms with van der Waals surface area (Å²) >= 11 is 0. The highest BCUT2D eigenvalue weighted by atomic mass is 16.5. The number of nitrogens with two attached hydrogens (primary N) is 1. The van der Waals surface area contributed by atoms with Gasteiger partial charge in [-0.2, -0.15) is 0 Å². The van der Waals surface area contributed by atoms with E-state index in [1.165, 1.54) is 0 Å². The maximum atomic E-state index is 12.0. The normalized spacial score (nSPS) is 18.9. The Morgan fingerprint density at radius 3 is 2.79 bits per heavy atom. The third kappa shape index (κ3) is 3.69. The average Bonchev–Trinajstić information content (AvgIpc) is 2.46. The van der Waals surface area contributed by atoms with Gasteiger partial charge >= 0.3 is 0 Å². The lowest BCUT2D eigenvalue weighted by Gasteiger charge is -2.31. The molecule has 0 saturated carbocycles. The molecule has 1 aliphatic rings. The second-order valence-corrected chi connectivity index (χ2v) is 4.32. The lowest BCUT2D eigenvalue weighted by Crippen LogP contribution is -2.51. The van der Waals surface area contributed by atoms with Gasteiger partial charge in [0.05, 0.1) is 19.7 Å². The minimum atomic E-state index is -0.700. The van der Waals surface area contributed by atoms with Crippen LogP contribution in [0.3, 0.4) is 0 Å². The number of primary amides is 1. The summed E-state index contributed by atoms with van der Waals surface area (Å²) in [5, 5.41) is 3.04. The summed E-state index contributed by atoms with van der Waals surface area (Å²) in [5.41, 5.74) is 6.06. The molecule has 6 heteroatoms. The van der Waals surface area contributed by atoms with E-state index in [-0.39, 0.29) is 19.0 Å². The first kappa shape index (κ1) is 13.4. The molecule has 0 spiro atoms. The van der Waals surface area contributed by atoms with Crippen molar-refractivity contribution < 1.29 is 14.3 Å². The number of para-hydroxylation sites is 1. The Bertz CT molecular complexity index is 450. The van der Waals surface area contributed by atoms with E-state index in [1.54, 1.807) is 4.90 Å². The van der Waals surface area contributed by atoms with Crippen molar-refractivity contribution in [2.45, 2.75) is 6.10 Å². The molecule has 6 nitrogen and oxygen atoms in total. The minimum absolute atomic E-state index is 0.0709. The van der Waals surface area contributed by atoms with Crippen molar-refractivity contribution in [1.29, 1.82) is 0 Å². The van der Waals surface area contributed by atoms with Gasteiger partial charge in [0, 0.05) is 12.2 Å². The van der Waals surface area contributed by atoms with Crippen LogP contribution in [-0.4, -0.2) is 49.1 Å². The van der Waals surface area contributed by atoms with Crippen molar-refractivity contribution in [3.05, 3.63) is 30.3 Å². The summed E-state index contributed by atoms with van der Waals surface area (Å²) in [6.45, 7) is 1.24. The lowest BCUT2D eigenvalue weighted by atomic mass is 10.2. The van der Waals surface area contributed by atoms with E-state index in [0.717, 1.165) is 5.69 Å². The lowest BCUT2D eigenvalue weighted by molar-refractivity contribution is -0.144. The van der Waals surface area contributed by atoms with Crippen LogP contribution in [0.2, 0.25) is 0 Å². The fourth-order valence-electron chi connectivity index (χ4n) is 1.89. The molecule has 1 fully saturated rings. The maximum Gasteiger partial charge on any atom is 0.248 e. The van der Waals surface area contributed by atoms with Gasteiger partial charge in [-0.3, -0.25) is 9.59 Å². The molecular weight excluding hydrogens is 246 g/mol. The number of nitrogens with one attached hydrogen (secondary N) is 1. The number of morpholine rings is 1. The van der Waals surface area contributed by atoms with E-state index in [2.05, 4.69) is 5.32 Å². The number of carbonyl (C=O) groups is 2. The molecule has 2 amide bonds. The van der Waals surface area contributed by atoms with E-state index in [9.17, 15) is 9.59 Å². The van der Waals surface area contributed by atoms with Crippen LogP contribution in [0, 0.1) is 0 Å². The highest BCUT2D eigenvalue weighted by Gasteiger charge is 2.27. The molecule has 1 aliphatic heterocycles. The molecule has 0 bridgehead atoms. The number of carbonyl (C=O) groups excluding carboxylic acids is 2. The molecule has 0 radical (unpaired) electrons. The molecule has 19 heavy (non-hydrogen) atoms. The first-order chi connectivity index (χ1) is 9.16. The number of ether oxygens (including phenoxy) is 1. The zero-order chi connectivity index (χ0) is 13.7. The molecule has 1 aromatic carbocycles. The average molecular weight is 263 g/mol. The van der Waals surface area contributed by atoms with Crippen molar-refractivity contribution in [3.63, 3.8) is 0 Å². The third-order valence-corrected chi connectivity index (χ3v) is 2.95. The Morgan fingerprint density at radius 1 is 1.37 bits per heavy atom. The fourth-order valence-corrected chi connectivity index (χ4v) is 1.89. The summed E-state index contributed by atoms with van der Waals surface area (Å²) in [4.78, 5) is 24.6. The number of hydrogen-bond acceptors (Lipinski definition) is 4. The topological polar surface area (TPSA) is 84.7 Å². The van der Waals surface area contributed by atoms with Gasteiger partial charge in [-0.15, -0.1) is 0 Å². The summed E-state index contributed by atoms with van der Waals surface area (Å²) in [5.74, 6) is -0.605. The van der Waals surface area contributed by atoms with Gasteiger partial charge in [0.25, 0.3) is 0 Å². The summed E-state index contributed by atoms with van der Waals surface area (Å²) in [6, 6.07) is 9.47. The smallest absolute Gasteiger partial charge is 0.248 e. The zero-order valence-corrected chi connectivity index (χ0v) is 10.5. The SMILES string of the molecule is NC(=O)C1CN(C(=O)CNc2ccccc2)CCO1. The van der Waals surface area contributed by atoms with Crippen LogP contribution in [0.1, 0.15) is 0 Å². The summed E-state index contributed by atoms with van der Waals surface area (Å²) in [6.07, 6.45) is -0.700. The number of nitrogens with zero attached hydrogens (tertiary/aromatic N) is 1. The van der Waals surface area contributed by atoms with Crippen LogP contribution in [0.5, 0.6) is 0 Å². The number of rotatable bonds is 4. The highest BCUT2D eigenvalue weighted by Crippen LogP contribution is 2.07. The van der Waals surface area contributed by atoms with Crippen molar-refractivity contribution in [3.8, 4) is 0 Å². The summed E-state index contributed by atoms with van der Waals surface area (Å²) < 4.78 is 5.19. The van der Waals surface area contributed by atoms with E-state index in [0.29, 0.717) is 13.2 Å². The second kappa shape index (κ2) is 6.19. The largest absolute Gasteiger partial charge is 0.376 e. The van der Waals surface area contributed by atoms with Gasteiger partial charge in [-0.25, -0.2) is 0 Å². The van der Waals surface area contributed by atoms with Gasteiger partial charge in [0.15, 0.2) is 6.10 Å². The molecule has 1 heterocycles. The molecule has 2 rings (SSSR count). The monoisotopic (exact) mass is 263 g/mol. The van der Waals surface area contributed by atoms with Crippen molar-refractivity contribution in [2.24, 2.45) is 5.73 Å². The first-order valence-electron chi connectivity index (χ1n) is 6.14. The Hall–Kier alpha value is -2.08. The Balaban J connectivity index is 1.84. The molecule has 3 N–H and O–H groups in total. The fraction of sp³-hybridized carbons (Fsp3) is 0.385. The van der Waals surface area contributed by atoms with Crippen LogP contribution in [0.15, 0.2) is 30.3 Å². The molecule has 102 valence electrons. The maximum absolute atomic E-state index is 12.0. The molecular formula is C13H17N3O3. The van der Waals surface area contributed by atoms with E-state index >= 15 is 0 Å². The zero-order valence-electron chi connectivity index (χ0n) is 10.5. The Kier molecular flexibility index (Phi) is 4.35. The number of hydrogen-bond donors (Lipinski definition) is 2. The van der Waals surface area contributed by atoms with Gasteiger partial charge in [-0.1, -0.05) is 18.2 Å². The Morgan fingerprint density at radius 2 is 2.11 bits per heavy atom. The van der Waals surface area contributed by atoms with E-state index in [4.69, 9.17) is 10.5 Å².